The van der Waals surface area contributed by atoms with Crippen molar-refractivity contribution in [1.82, 2.24) is 20.2 Å². The first-order chi connectivity index (χ1) is 10.2. The van der Waals surface area contributed by atoms with E-state index in [-0.39, 0.29) is 11.9 Å². The summed E-state index contributed by atoms with van der Waals surface area (Å²) in [4.78, 5) is 22.3. The number of rotatable bonds is 2. The molecule has 0 radical (unpaired) electrons. The first-order valence-electron chi connectivity index (χ1n) is 7.36. The molecule has 6 heteroatoms. The van der Waals surface area contributed by atoms with Gasteiger partial charge in [-0.15, -0.1) is 0 Å². The number of fused-ring (bicyclic) bond motifs is 4. The monoisotopic (exact) mass is 304 g/mol. The largest absolute Gasteiger partial charge is 0.348 e. The van der Waals surface area contributed by atoms with E-state index in [4.69, 9.17) is 11.6 Å². The molecule has 1 aromatic carbocycles. The van der Waals surface area contributed by atoms with Gasteiger partial charge < -0.3 is 15.2 Å². The third-order valence-electron chi connectivity index (χ3n) is 4.71. The highest BCUT2D eigenvalue weighted by Gasteiger charge is 2.35. The number of amides is 1. The highest BCUT2D eigenvalue weighted by molar-refractivity contribution is 6.32. The molecule has 5 rings (SSSR count). The molecule has 4 heterocycles. The van der Waals surface area contributed by atoms with Crippen LogP contribution in [0.1, 0.15) is 23.2 Å². The van der Waals surface area contributed by atoms with E-state index in [9.17, 15) is 4.79 Å². The van der Waals surface area contributed by atoms with Crippen LogP contribution >= 0.6 is 11.6 Å². The van der Waals surface area contributed by atoms with Gasteiger partial charge in [0.25, 0.3) is 5.91 Å². The SMILES string of the molecule is O=C(N[C@H]1CN2CCC1CC2)c1cc(Cl)cc2[nH]cnc12. The first kappa shape index (κ1) is 13.1. The number of piperidine rings is 3. The number of benzene rings is 1. The van der Waals surface area contributed by atoms with E-state index >= 15 is 0 Å². The zero-order valence-corrected chi connectivity index (χ0v) is 12.4. The Bertz CT molecular complexity index is 690. The molecule has 0 aliphatic carbocycles. The minimum Gasteiger partial charge on any atom is -0.348 e. The van der Waals surface area contributed by atoms with Crippen LogP contribution in [0.5, 0.6) is 0 Å². The Morgan fingerprint density at radius 3 is 2.90 bits per heavy atom. The molecule has 3 aliphatic rings. The first-order valence-corrected chi connectivity index (χ1v) is 7.74. The Labute approximate surface area is 127 Å². The molecule has 2 bridgehead atoms. The highest BCUT2D eigenvalue weighted by atomic mass is 35.5. The molecule has 110 valence electrons. The Balaban J connectivity index is 1.60. The standard InChI is InChI=1S/C15H17ClN4O/c16-10-5-11(14-12(6-10)17-8-18-14)15(21)19-13-7-20-3-1-9(13)2-4-20/h5-6,8-9,13H,1-4,7H2,(H,17,18)(H,19,21)/t13-/m0/s1. The molecule has 3 saturated heterocycles. The molecule has 2 N–H and O–H groups in total. The second-order valence-electron chi connectivity index (χ2n) is 5.97. The van der Waals surface area contributed by atoms with E-state index in [1.165, 1.54) is 12.8 Å². The number of halogens is 1. The van der Waals surface area contributed by atoms with Crippen LogP contribution in [0, 0.1) is 5.92 Å². The van der Waals surface area contributed by atoms with Crippen LogP contribution in [0.4, 0.5) is 0 Å². The summed E-state index contributed by atoms with van der Waals surface area (Å²) in [6.07, 6.45) is 3.95. The minimum atomic E-state index is -0.0756. The number of H-pyrrole nitrogens is 1. The van der Waals surface area contributed by atoms with Crippen LogP contribution in [0.2, 0.25) is 5.02 Å². The van der Waals surface area contributed by atoms with E-state index in [0.29, 0.717) is 22.0 Å². The topological polar surface area (TPSA) is 61.0 Å². The van der Waals surface area contributed by atoms with Crippen molar-refractivity contribution in [3.63, 3.8) is 0 Å². The summed E-state index contributed by atoms with van der Waals surface area (Å²) in [7, 11) is 0. The van der Waals surface area contributed by atoms with Gasteiger partial charge in [-0.3, -0.25) is 4.79 Å². The van der Waals surface area contributed by atoms with E-state index < -0.39 is 0 Å². The van der Waals surface area contributed by atoms with Crippen LogP contribution < -0.4 is 5.32 Å². The number of aromatic nitrogens is 2. The number of carbonyl (C=O) groups excluding carboxylic acids is 1. The number of nitrogens with one attached hydrogen (secondary N) is 2. The Kier molecular flexibility index (Phi) is 3.12. The molecule has 3 fully saturated rings. The van der Waals surface area contributed by atoms with Crippen LogP contribution in [0.25, 0.3) is 11.0 Å². The number of nitrogens with zero attached hydrogens (tertiary/aromatic N) is 2. The maximum Gasteiger partial charge on any atom is 0.253 e. The van der Waals surface area contributed by atoms with Crippen LogP contribution in [-0.2, 0) is 0 Å². The van der Waals surface area contributed by atoms with Gasteiger partial charge in [0, 0.05) is 17.6 Å². The quantitative estimate of drug-likeness (QED) is 0.892. The van der Waals surface area contributed by atoms with Gasteiger partial charge in [-0.25, -0.2) is 4.98 Å². The van der Waals surface area contributed by atoms with Crippen LogP contribution in [-0.4, -0.2) is 46.5 Å². The minimum absolute atomic E-state index is 0.0756. The van der Waals surface area contributed by atoms with Crippen molar-refractivity contribution in [3.8, 4) is 0 Å². The summed E-state index contributed by atoms with van der Waals surface area (Å²) in [5.74, 6) is 0.529. The summed E-state index contributed by atoms with van der Waals surface area (Å²) >= 11 is 6.09. The van der Waals surface area contributed by atoms with Crippen molar-refractivity contribution >= 4 is 28.5 Å². The lowest BCUT2D eigenvalue weighted by molar-refractivity contribution is 0.0621. The lowest BCUT2D eigenvalue weighted by Crippen LogP contribution is -2.57. The maximum atomic E-state index is 12.6. The second-order valence-corrected chi connectivity index (χ2v) is 6.41. The summed E-state index contributed by atoms with van der Waals surface area (Å²) in [5, 5.41) is 3.73. The van der Waals surface area contributed by atoms with Crippen molar-refractivity contribution in [1.29, 1.82) is 0 Å². The molecule has 0 unspecified atom stereocenters. The Hall–Kier alpha value is -1.59. The summed E-state index contributed by atoms with van der Waals surface area (Å²) in [5.41, 5.74) is 2.02. The third-order valence-corrected chi connectivity index (χ3v) is 4.92. The molecular weight excluding hydrogens is 288 g/mol. The molecule has 5 nitrogen and oxygen atoms in total. The average molecular weight is 305 g/mol. The molecular formula is C15H17ClN4O. The molecule has 1 amide bonds. The van der Waals surface area contributed by atoms with E-state index in [2.05, 4.69) is 20.2 Å². The average Bonchev–Trinajstić information content (AvgIpc) is 2.95. The number of carbonyl (C=O) groups is 1. The fraction of sp³-hybridized carbons (Fsp3) is 0.467. The fourth-order valence-corrected chi connectivity index (χ4v) is 3.78. The number of imidazole rings is 1. The van der Waals surface area contributed by atoms with Gasteiger partial charge in [-0.1, -0.05) is 11.6 Å². The zero-order valence-electron chi connectivity index (χ0n) is 11.6. The van der Waals surface area contributed by atoms with Gasteiger partial charge in [-0.2, -0.15) is 0 Å². The number of hydrogen-bond acceptors (Lipinski definition) is 3. The van der Waals surface area contributed by atoms with Gasteiger partial charge in [0.05, 0.1) is 17.4 Å². The van der Waals surface area contributed by atoms with Gasteiger partial charge >= 0.3 is 0 Å². The van der Waals surface area contributed by atoms with Crippen molar-refractivity contribution in [2.24, 2.45) is 5.92 Å². The van der Waals surface area contributed by atoms with Gasteiger partial charge in [-0.05, 0) is 44.0 Å². The van der Waals surface area contributed by atoms with E-state index in [1.54, 1.807) is 18.5 Å². The van der Waals surface area contributed by atoms with Crippen LogP contribution in [0.15, 0.2) is 18.5 Å². The van der Waals surface area contributed by atoms with Crippen LogP contribution in [0.3, 0.4) is 0 Å². The molecule has 1 atom stereocenters. The van der Waals surface area contributed by atoms with Crippen molar-refractivity contribution in [2.45, 2.75) is 18.9 Å². The molecule has 0 spiro atoms. The van der Waals surface area contributed by atoms with Gasteiger partial charge in [0.2, 0.25) is 0 Å². The van der Waals surface area contributed by atoms with E-state index in [0.717, 1.165) is 25.2 Å². The van der Waals surface area contributed by atoms with Gasteiger partial charge in [0.1, 0.15) is 5.52 Å². The molecule has 3 aliphatic heterocycles. The highest BCUT2D eigenvalue weighted by Crippen LogP contribution is 2.28. The molecule has 1 aromatic heterocycles. The lowest BCUT2D eigenvalue weighted by atomic mass is 9.84. The summed E-state index contributed by atoms with van der Waals surface area (Å²) in [6, 6.07) is 3.73. The predicted molar refractivity (Wildman–Crippen MR) is 81.5 cm³/mol. The molecule has 2 aromatic rings. The second kappa shape index (κ2) is 5.00. The Morgan fingerprint density at radius 2 is 2.19 bits per heavy atom. The number of aromatic amines is 1. The smallest absolute Gasteiger partial charge is 0.253 e. The maximum absolute atomic E-state index is 12.6. The predicted octanol–water partition coefficient (Wildman–Crippen LogP) is 2.04. The van der Waals surface area contributed by atoms with Crippen molar-refractivity contribution in [2.75, 3.05) is 19.6 Å². The van der Waals surface area contributed by atoms with Gasteiger partial charge in [0.15, 0.2) is 0 Å². The lowest BCUT2D eigenvalue weighted by Gasteiger charge is -2.44. The summed E-state index contributed by atoms with van der Waals surface area (Å²) < 4.78 is 0. The van der Waals surface area contributed by atoms with E-state index in [1.807, 2.05) is 0 Å². The van der Waals surface area contributed by atoms with Crippen molar-refractivity contribution < 1.29 is 4.79 Å². The molecule has 0 saturated carbocycles. The fourth-order valence-electron chi connectivity index (χ4n) is 3.56. The Morgan fingerprint density at radius 1 is 1.38 bits per heavy atom. The number of hydrogen-bond donors (Lipinski definition) is 2. The molecule has 21 heavy (non-hydrogen) atoms. The van der Waals surface area contributed by atoms with Crippen molar-refractivity contribution in [3.05, 3.63) is 29.0 Å². The summed E-state index contributed by atoms with van der Waals surface area (Å²) in [6.45, 7) is 3.29. The normalized spacial score (nSPS) is 28.0. The third kappa shape index (κ3) is 2.30. The zero-order chi connectivity index (χ0) is 14.4.